The highest BCUT2D eigenvalue weighted by atomic mass is 32.2. The molecule has 0 aliphatic carbocycles. The fraction of sp³-hybridized carbons (Fsp3) is 0.231. The first kappa shape index (κ1) is 14.4. The van der Waals surface area contributed by atoms with Crippen molar-refractivity contribution in [1.29, 1.82) is 0 Å². The lowest BCUT2D eigenvalue weighted by Gasteiger charge is -2.21. The van der Waals surface area contributed by atoms with Crippen molar-refractivity contribution in [3.63, 3.8) is 0 Å². The molecule has 0 spiro atoms. The lowest BCUT2D eigenvalue weighted by Crippen LogP contribution is -2.22. The number of benzene rings is 1. The van der Waals surface area contributed by atoms with Gasteiger partial charge in [-0.05, 0) is 19.4 Å². The van der Waals surface area contributed by atoms with Crippen LogP contribution < -0.4 is 5.73 Å². The molecule has 20 heavy (non-hydrogen) atoms. The minimum atomic E-state index is -0.507. The second-order valence-corrected chi connectivity index (χ2v) is 5.42. The van der Waals surface area contributed by atoms with Gasteiger partial charge < -0.3 is 5.73 Å². The molecular formula is C13H13N3O3S. The predicted molar refractivity (Wildman–Crippen MR) is 79.4 cm³/mol. The van der Waals surface area contributed by atoms with Crippen LogP contribution in [0.25, 0.3) is 4.91 Å². The minimum Gasteiger partial charge on any atom is -0.301 e. The van der Waals surface area contributed by atoms with Gasteiger partial charge in [0.05, 0.1) is 10.5 Å². The summed E-state index contributed by atoms with van der Waals surface area (Å²) in [4.78, 5) is 27.0. The molecule has 1 aromatic rings. The molecule has 0 saturated heterocycles. The molecule has 2 N–H and O–H groups in total. The molecule has 1 heterocycles. The van der Waals surface area contributed by atoms with Crippen LogP contribution in [-0.4, -0.2) is 21.9 Å². The Morgan fingerprint density at radius 3 is 2.80 bits per heavy atom. The maximum absolute atomic E-state index is 11.8. The molecular weight excluding hydrogens is 278 g/mol. The van der Waals surface area contributed by atoms with Crippen LogP contribution in [0.5, 0.6) is 0 Å². The van der Waals surface area contributed by atoms with Gasteiger partial charge in [-0.2, -0.15) is 0 Å². The van der Waals surface area contributed by atoms with Gasteiger partial charge in [-0.15, -0.1) is 0 Å². The van der Waals surface area contributed by atoms with Crippen molar-refractivity contribution in [1.82, 2.24) is 0 Å². The Morgan fingerprint density at radius 1 is 1.50 bits per heavy atom. The lowest BCUT2D eigenvalue weighted by molar-refractivity contribution is -0.384. The van der Waals surface area contributed by atoms with Crippen LogP contribution in [0.4, 0.5) is 5.69 Å². The van der Waals surface area contributed by atoms with Gasteiger partial charge in [0.2, 0.25) is 0 Å². The molecule has 0 aromatic heterocycles. The molecule has 1 unspecified atom stereocenters. The van der Waals surface area contributed by atoms with Gasteiger partial charge in [-0.25, -0.2) is 0 Å². The number of nitrogens with two attached hydrogens (primary N) is 1. The third-order valence-corrected chi connectivity index (χ3v) is 3.84. The Balaban J connectivity index is 2.60. The number of nitro groups is 1. The van der Waals surface area contributed by atoms with Crippen molar-refractivity contribution in [2.45, 2.75) is 19.3 Å². The fourth-order valence-electron chi connectivity index (χ4n) is 2.01. The van der Waals surface area contributed by atoms with E-state index in [1.165, 1.54) is 30.8 Å². The van der Waals surface area contributed by atoms with Gasteiger partial charge >= 0.3 is 0 Å². The summed E-state index contributed by atoms with van der Waals surface area (Å²) < 4.78 is 0. The van der Waals surface area contributed by atoms with E-state index in [1.54, 1.807) is 19.1 Å². The molecule has 6 nitrogen and oxygen atoms in total. The number of thioether (sulfide) groups is 1. The standard InChI is InChI=1S/C13H13N3O3S/c1-7-11(8(2)17)12(20-13(14)15-7)9-4-3-5-10(6-9)16(18)19/h3-6,13H,14H2,1-2H3. The summed E-state index contributed by atoms with van der Waals surface area (Å²) in [6.07, 6.45) is 0. The van der Waals surface area contributed by atoms with Crippen LogP contribution in [0, 0.1) is 10.1 Å². The van der Waals surface area contributed by atoms with E-state index in [1.807, 2.05) is 0 Å². The Labute approximate surface area is 119 Å². The summed E-state index contributed by atoms with van der Waals surface area (Å²) in [5.41, 5.74) is 6.92. The zero-order chi connectivity index (χ0) is 14.9. The molecule has 0 bridgehead atoms. The Hall–Kier alpha value is -1.99. The van der Waals surface area contributed by atoms with Gasteiger partial charge in [-0.3, -0.25) is 19.9 Å². The third kappa shape index (κ3) is 2.78. The second-order valence-electron chi connectivity index (χ2n) is 4.29. The average Bonchev–Trinajstić information content (AvgIpc) is 2.37. The third-order valence-electron chi connectivity index (χ3n) is 2.82. The van der Waals surface area contributed by atoms with E-state index in [0.29, 0.717) is 21.8 Å². The SMILES string of the molecule is CC(=O)C1=C(c2cccc([N+](=O)[O-])c2)SC(N)N=C1C. The summed E-state index contributed by atoms with van der Waals surface area (Å²) >= 11 is 1.23. The number of non-ortho nitro benzene ring substituents is 1. The highest BCUT2D eigenvalue weighted by Crippen LogP contribution is 2.38. The molecule has 104 valence electrons. The van der Waals surface area contributed by atoms with Crippen molar-refractivity contribution in [3.8, 4) is 0 Å². The zero-order valence-electron chi connectivity index (χ0n) is 11.0. The Kier molecular flexibility index (Phi) is 4.01. The van der Waals surface area contributed by atoms with Gasteiger partial charge in [0.25, 0.3) is 5.69 Å². The topological polar surface area (TPSA) is 98.6 Å². The van der Waals surface area contributed by atoms with Crippen molar-refractivity contribution >= 4 is 33.8 Å². The summed E-state index contributed by atoms with van der Waals surface area (Å²) in [6, 6.07) is 6.16. The van der Waals surface area contributed by atoms with E-state index in [0.717, 1.165) is 0 Å². The molecule has 0 saturated carbocycles. The number of ketones is 1. The molecule has 1 atom stereocenters. The summed E-state index contributed by atoms with van der Waals surface area (Å²) in [5.74, 6) is -0.132. The van der Waals surface area contributed by atoms with E-state index in [-0.39, 0.29) is 11.5 Å². The monoisotopic (exact) mass is 291 g/mol. The van der Waals surface area contributed by atoms with Gasteiger partial charge in [0, 0.05) is 22.7 Å². The first-order valence-electron chi connectivity index (χ1n) is 5.87. The number of Topliss-reactive ketones (excluding diaryl/α,β-unsaturated/α-hetero) is 1. The van der Waals surface area contributed by atoms with Gasteiger partial charge in [0.1, 0.15) is 5.50 Å². The molecule has 1 aliphatic rings. The van der Waals surface area contributed by atoms with Crippen molar-refractivity contribution in [2.75, 3.05) is 0 Å². The van der Waals surface area contributed by atoms with Crippen LogP contribution in [-0.2, 0) is 4.79 Å². The zero-order valence-corrected chi connectivity index (χ0v) is 11.8. The van der Waals surface area contributed by atoms with Crippen LogP contribution in [0.1, 0.15) is 19.4 Å². The smallest absolute Gasteiger partial charge is 0.270 e. The van der Waals surface area contributed by atoms with Crippen molar-refractivity contribution < 1.29 is 9.72 Å². The van der Waals surface area contributed by atoms with Crippen molar-refractivity contribution in [3.05, 3.63) is 45.5 Å². The number of carbonyl (C=O) groups is 1. The highest BCUT2D eigenvalue weighted by Gasteiger charge is 2.24. The first-order valence-corrected chi connectivity index (χ1v) is 6.75. The van der Waals surface area contributed by atoms with Crippen molar-refractivity contribution in [2.24, 2.45) is 10.7 Å². The van der Waals surface area contributed by atoms with E-state index < -0.39 is 10.4 Å². The number of aliphatic imine (C=N–C) groups is 1. The number of nitrogens with zero attached hydrogens (tertiary/aromatic N) is 2. The normalized spacial score (nSPS) is 18.8. The molecule has 0 fully saturated rings. The van der Waals surface area contributed by atoms with Crippen LogP contribution >= 0.6 is 11.8 Å². The Morgan fingerprint density at radius 2 is 2.20 bits per heavy atom. The first-order chi connectivity index (χ1) is 9.40. The lowest BCUT2D eigenvalue weighted by atomic mass is 10.0. The van der Waals surface area contributed by atoms with Crippen LogP contribution in [0.15, 0.2) is 34.8 Å². The molecule has 2 rings (SSSR count). The van der Waals surface area contributed by atoms with Gasteiger partial charge in [-0.1, -0.05) is 23.9 Å². The summed E-state index contributed by atoms with van der Waals surface area (Å²) in [7, 11) is 0. The minimum absolute atomic E-state index is 0.0211. The number of rotatable bonds is 3. The van der Waals surface area contributed by atoms with E-state index in [2.05, 4.69) is 4.99 Å². The summed E-state index contributed by atoms with van der Waals surface area (Å²) in [6.45, 7) is 3.16. The largest absolute Gasteiger partial charge is 0.301 e. The Bertz CT molecular complexity index is 652. The van der Waals surface area contributed by atoms with Gasteiger partial charge in [0.15, 0.2) is 5.78 Å². The van der Waals surface area contributed by atoms with E-state index in [4.69, 9.17) is 5.73 Å². The fourth-order valence-corrected chi connectivity index (χ4v) is 3.14. The maximum Gasteiger partial charge on any atom is 0.270 e. The molecule has 7 heteroatoms. The second kappa shape index (κ2) is 5.56. The summed E-state index contributed by atoms with van der Waals surface area (Å²) in [5, 5.41) is 10.8. The number of nitro benzene ring substituents is 1. The molecule has 0 radical (unpaired) electrons. The predicted octanol–water partition coefficient (Wildman–Crippen LogP) is 2.34. The number of hydrogen-bond donors (Lipinski definition) is 1. The quantitative estimate of drug-likeness (QED) is 0.680. The number of carbonyl (C=O) groups excluding carboxylic acids is 1. The highest BCUT2D eigenvalue weighted by molar-refractivity contribution is 8.09. The van der Waals surface area contributed by atoms with E-state index >= 15 is 0 Å². The molecule has 1 aromatic carbocycles. The maximum atomic E-state index is 11.8. The average molecular weight is 291 g/mol. The number of allylic oxidation sites excluding steroid dienone is 1. The van der Waals surface area contributed by atoms with Crippen LogP contribution in [0.3, 0.4) is 0 Å². The molecule has 0 amide bonds. The van der Waals surface area contributed by atoms with E-state index in [9.17, 15) is 14.9 Å². The van der Waals surface area contributed by atoms with Crippen LogP contribution in [0.2, 0.25) is 0 Å². The number of hydrogen-bond acceptors (Lipinski definition) is 6. The molecule has 1 aliphatic heterocycles.